The Balaban J connectivity index is 1.15. The van der Waals surface area contributed by atoms with Gasteiger partial charge in [0.15, 0.2) is 0 Å². The van der Waals surface area contributed by atoms with Crippen molar-refractivity contribution in [1.82, 2.24) is 39.6 Å². The van der Waals surface area contributed by atoms with E-state index in [1.807, 2.05) is 19.4 Å². The summed E-state index contributed by atoms with van der Waals surface area (Å²) in [6.45, 7) is 2.60. The summed E-state index contributed by atoms with van der Waals surface area (Å²) >= 11 is 1.49. The highest BCUT2D eigenvalue weighted by Gasteiger charge is 2.44. The van der Waals surface area contributed by atoms with Crippen LogP contribution in [0.5, 0.6) is 0 Å². The quantitative estimate of drug-likeness (QED) is 0.382. The van der Waals surface area contributed by atoms with Crippen molar-refractivity contribution < 1.29 is 4.79 Å². The molecule has 1 aliphatic heterocycles. The van der Waals surface area contributed by atoms with Crippen molar-refractivity contribution in [2.24, 2.45) is 7.05 Å². The lowest BCUT2D eigenvalue weighted by molar-refractivity contribution is 0.0561. The fourth-order valence-electron chi connectivity index (χ4n) is 5.86. The molecule has 5 aromatic rings. The second-order valence-electron chi connectivity index (χ2n) is 9.97. The minimum atomic E-state index is -0.244. The van der Waals surface area contributed by atoms with Crippen LogP contribution >= 0.6 is 11.3 Å². The van der Waals surface area contributed by atoms with Crippen molar-refractivity contribution in [3.8, 4) is 10.4 Å². The topological polar surface area (TPSA) is 113 Å². The Kier molecular flexibility index (Phi) is 4.80. The molecular formula is C25H26N8O2S. The SMILES string of the molecule is Cn1cc(-c2cn3nc4c5ncc(C(=O)NCCN6CCCC67CCC7)cc5[nH]c(=O)c4c3s2)cn1. The molecule has 10 nitrogen and oxygen atoms in total. The number of H-pyrrole nitrogens is 1. The van der Waals surface area contributed by atoms with Gasteiger partial charge in [0.05, 0.1) is 22.2 Å². The van der Waals surface area contributed by atoms with Crippen LogP contribution in [-0.4, -0.2) is 65.3 Å². The highest BCUT2D eigenvalue weighted by atomic mass is 32.1. The molecule has 0 radical (unpaired) electrons. The first kappa shape index (κ1) is 21.7. The lowest BCUT2D eigenvalue weighted by Crippen LogP contribution is -2.51. The van der Waals surface area contributed by atoms with Crippen LogP contribution in [0.3, 0.4) is 0 Å². The first-order valence-electron chi connectivity index (χ1n) is 12.4. The minimum Gasteiger partial charge on any atom is -0.351 e. The van der Waals surface area contributed by atoms with Crippen LogP contribution in [0.4, 0.5) is 0 Å². The van der Waals surface area contributed by atoms with Crippen molar-refractivity contribution in [2.75, 3.05) is 19.6 Å². The molecule has 1 spiro atoms. The monoisotopic (exact) mass is 502 g/mol. The van der Waals surface area contributed by atoms with Crippen LogP contribution in [0.25, 0.3) is 37.2 Å². The number of likely N-dealkylation sites (tertiary alicyclic amines) is 1. The molecule has 1 aliphatic carbocycles. The summed E-state index contributed by atoms with van der Waals surface area (Å²) in [4.78, 5) is 37.6. The first-order chi connectivity index (χ1) is 17.5. The van der Waals surface area contributed by atoms with Gasteiger partial charge < -0.3 is 10.3 Å². The van der Waals surface area contributed by atoms with Gasteiger partial charge in [0, 0.05) is 49.8 Å². The van der Waals surface area contributed by atoms with Crippen LogP contribution in [0.15, 0.2) is 35.6 Å². The summed E-state index contributed by atoms with van der Waals surface area (Å²) in [6.07, 6.45) is 13.6. The third-order valence-corrected chi connectivity index (χ3v) is 8.99. The number of hydrogen-bond acceptors (Lipinski definition) is 7. The zero-order valence-corrected chi connectivity index (χ0v) is 20.8. The van der Waals surface area contributed by atoms with E-state index >= 15 is 0 Å². The Morgan fingerprint density at radius 3 is 2.83 bits per heavy atom. The van der Waals surface area contributed by atoms with Crippen LogP contribution in [0.2, 0.25) is 0 Å². The lowest BCUT2D eigenvalue weighted by atomic mass is 9.75. The number of thiazole rings is 1. The van der Waals surface area contributed by atoms with Crippen molar-refractivity contribution in [1.29, 1.82) is 0 Å². The van der Waals surface area contributed by atoms with E-state index in [0.717, 1.165) is 28.4 Å². The van der Waals surface area contributed by atoms with Crippen molar-refractivity contribution in [3.05, 3.63) is 46.8 Å². The lowest BCUT2D eigenvalue weighted by Gasteiger charge is -2.46. The van der Waals surface area contributed by atoms with E-state index in [4.69, 9.17) is 0 Å². The van der Waals surface area contributed by atoms with E-state index in [1.54, 1.807) is 27.7 Å². The fraction of sp³-hybridized carbons (Fsp3) is 0.400. The van der Waals surface area contributed by atoms with Crippen molar-refractivity contribution in [2.45, 2.75) is 37.6 Å². The normalized spacial score (nSPS) is 17.5. The van der Waals surface area contributed by atoms with Gasteiger partial charge in [-0.25, -0.2) is 4.52 Å². The van der Waals surface area contributed by atoms with Crippen LogP contribution < -0.4 is 10.9 Å². The van der Waals surface area contributed by atoms with Gasteiger partial charge in [0.25, 0.3) is 11.5 Å². The number of carbonyl (C=O) groups is 1. The summed E-state index contributed by atoms with van der Waals surface area (Å²) in [5.41, 5.74) is 3.17. The number of carbonyl (C=O) groups excluding carboxylic acids is 1. The Bertz CT molecular complexity index is 1710. The Hall–Kier alpha value is -3.57. The molecule has 0 atom stereocenters. The molecule has 184 valence electrons. The maximum absolute atomic E-state index is 13.1. The van der Waals surface area contributed by atoms with E-state index in [1.165, 1.54) is 43.4 Å². The third-order valence-electron chi connectivity index (χ3n) is 7.84. The molecule has 0 unspecified atom stereocenters. The molecule has 1 saturated carbocycles. The molecule has 5 aromatic heterocycles. The van der Waals surface area contributed by atoms with Gasteiger partial charge in [0.1, 0.15) is 21.3 Å². The van der Waals surface area contributed by atoms with E-state index < -0.39 is 0 Å². The highest BCUT2D eigenvalue weighted by molar-refractivity contribution is 7.21. The summed E-state index contributed by atoms with van der Waals surface area (Å²) in [7, 11) is 1.87. The largest absolute Gasteiger partial charge is 0.351 e. The second-order valence-corrected chi connectivity index (χ2v) is 11.0. The molecule has 11 heteroatoms. The second kappa shape index (κ2) is 7.97. The van der Waals surface area contributed by atoms with Gasteiger partial charge in [-0.15, -0.1) is 11.3 Å². The maximum Gasteiger partial charge on any atom is 0.261 e. The minimum absolute atomic E-state index is 0.181. The van der Waals surface area contributed by atoms with Gasteiger partial charge in [-0.3, -0.25) is 24.2 Å². The molecule has 36 heavy (non-hydrogen) atoms. The van der Waals surface area contributed by atoms with Crippen LogP contribution in [0.1, 0.15) is 42.5 Å². The Labute approximate surface area is 209 Å². The first-order valence-corrected chi connectivity index (χ1v) is 13.2. The third kappa shape index (κ3) is 3.30. The van der Waals surface area contributed by atoms with Crippen LogP contribution in [-0.2, 0) is 7.05 Å². The zero-order valence-electron chi connectivity index (χ0n) is 20.0. The van der Waals surface area contributed by atoms with E-state index in [0.29, 0.717) is 39.6 Å². The van der Waals surface area contributed by atoms with E-state index in [-0.39, 0.29) is 11.5 Å². The number of amides is 1. The number of fused-ring (bicyclic) bond motifs is 5. The standard InChI is InChI=1S/C25H26N8O2S/c1-31-13-16(12-28-31)18-14-33-24(36-18)19-21(30-33)20-17(29-23(19)35)10-15(11-27-20)22(34)26-7-9-32-8-3-6-25(32)4-2-5-25/h10-14H,2-9H2,1H3,(H,26,34)(H,29,35). The van der Waals surface area contributed by atoms with Gasteiger partial charge in [-0.1, -0.05) is 0 Å². The molecular weight excluding hydrogens is 476 g/mol. The summed E-state index contributed by atoms with van der Waals surface area (Å²) in [5.74, 6) is -0.181. The predicted molar refractivity (Wildman–Crippen MR) is 138 cm³/mol. The number of hydrogen-bond donors (Lipinski definition) is 2. The molecule has 0 aromatic carbocycles. The molecule has 7 rings (SSSR count). The Morgan fingerprint density at radius 1 is 1.19 bits per heavy atom. The van der Waals surface area contributed by atoms with E-state index in [2.05, 4.69) is 30.4 Å². The number of rotatable bonds is 5. The van der Waals surface area contributed by atoms with Gasteiger partial charge in [-0.2, -0.15) is 10.2 Å². The van der Waals surface area contributed by atoms with E-state index in [9.17, 15) is 9.59 Å². The molecule has 1 saturated heterocycles. The van der Waals surface area contributed by atoms with Gasteiger partial charge in [-0.05, 0) is 44.7 Å². The number of pyridine rings is 2. The average molecular weight is 503 g/mol. The maximum atomic E-state index is 13.1. The highest BCUT2D eigenvalue weighted by Crippen LogP contribution is 2.45. The summed E-state index contributed by atoms with van der Waals surface area (Å²) in [6, 6.07) is 1.69. The number of aromatic nitrogens is 6. The summed E-state index contributed by atoms with van der Waals surface area (Å²) < 4.78 is 3.47. The number of aromatic amines is 1. The predicted octanol–water partition coefficient (Wildman–Crippen LogP) is 2.93. The van der Waals surface area contributed by atoms with Gasteiger partial charge in [0.2, 0.25) is 0 Å². The van der Waals surface area contributed by atoms with Crippen molar-refractivity contribution >= 4 is 44.0 Å². The average Bonchev–Trinajstić information content (AvgIpc) is 3.60. The van der Waals surface area contributed by atoms with Gasteiger partial charge >= 0.3 is 0 Å². The molecule has 0 bridgehead atoms. The molecule has 2 N–H and O–H groups in total. The molecule has 1 amide bonds. The van der Waals surface area contributed by atoms with Crippen LogP contribution in [0, 0.1) is 0 Å². The fourth-order valence-corrected chi connectivity index (χ4v) is 6.92. The Morgan fingerprint density at radius 2 is 2.06 bits per heavy atom. The molecule has 6 heterocycles. The zero-order chi connectivity index (χ0) is 24.4. The number of nitrogens with one attached hydrogen (secondary N) is 2. The molecule has 2 fully saturated rings. The number of nitrogens with zero attached hydrogens (tertiary/aromatic N) is 6. The smallest absolute Gasteiger partial charge is 0.261 e. The molecule has 2 aliphatic rings. The summed E-state index contributed by atoms with van der Waals surface area (Å²) in [5, 5.41) is 12.4. The van der Waals surface area contributed by atoms with Crippen molar-refractivity contribution in [3.63, 3.8) is 0 Å². The number of aryl methyl sites for hydroxylation is 1.